The number of nitrogens with one attached hydrogen (secondary N) is 1. The number of anilines is 2. The minimum Gasteiger partial charge on any atom is -0.494 e. The summed E-state index contributed by atoms with van der Waals surface area (Å²) in [5.41, 5.74) is 4.00. The van der Waals surface area contributed by atoms with Gasteiger partial charge in [-0.05, 0) is 48.7 Å². The van der Waals surface area contributed by atoms with Crippen molar-refractivity contribution in [1.82, 2.24) is 14.4 Å². The monoisotopic (exact) mass is 475 g/mol. The second kappa shape index (κ2) is 9.05. The van der Waals surface area contributed by atoms with E-state index in [2.05, 4.69) is 20.0 Å². The van der Waals surface area contributed by atoms with Gasteiger partial charge >= 0.3 is 6.09 Å². The molecule has 35 heavy (non-hydrogen) atoms. The highest BCUT2D eigenvalue weighted by Gasteiger charge is 2.26. The molecular weight excluding hydrogens is 453 g/mol. The van der Waals surface area contributed by atoms with E-state index in [-0.39, 0.29) is 11.7 Å². The number of pyridine rings is 2. The molecule has 3 aromatic heterocycles. The van der Waals surface area contributed by atoms with Crippen LogP contribution in [0.2, 0.25) is 0 Å². The molecule has 0 fully saturated rings. The van der Waals surface area contributed by atoms with Crippen LogP contribution in [0.25, 0.3) is 16.9 Å². The first-order chi connectivity index (χ1) is 17.0. The summed E-state index contributed by atoms with van der Waals surface area (Å²) in [5.74, 6) is -0.217. The van der Waals surface area contributed by atoms with Crippen molar-refractivity contribution in [2.24, 2.45) is 0 Å². The van der Waals surface area contributed by atoms with Crippen molar-refractivity contribution >= 4 is 29.2 Å². The first-order valence-corrected chi connectivity index (χ1v) is 11.0. The van der Waals surface area contributed by atoms with Crippen LogP contribution in [-0.4, -0.2) is 47.1 Å². The smallest absolute Gasteiger partial charge is 0.412 e. The van der Waals surface area contributed by atoms with Gasteiger partial charge in [-0.25, -0.2) is 19.2 Å². The Morgan fingerprint density at radius 3 is 2.69 bits per heavy atom. The molecule has 2 amide bonds. The SMILES string of the molecule is COC(=O)Nc1ccc(-c2cnc3ccc(C(=O)N4CCCc5cc(OC)c(F)cc54)cn23)cn1. The molecule has 1 aromatic carbocycles. The number of nitrogens with zero attached hydrogens (tertiary/aromatic N) is 4. The zero-order valence-electron chi connectivity index (χ0n) is 19.1. The summed E-state index contributed by atoms with van der Waals surface area (Å²) in [5, 5.41) is 2.50. The van der Waals surface area contributed by atoms with Crippen LogP contribution in [-0.2, 0) is 11.2 Å². The highest BCUT2D eigenvalue weighted by Crippen LogP contribution is 2.34. The molecule has 0 unspecified atom stereocenters. The molecule has 5 rings (SSSR count). The lowest BCUT2D eigenvalue weighted by Gasteiger charge is -2.30. The van der Waals surface area contributed by atoms with Crippen LogP contribution >= 0.6 is 0 Å². The molecule has 0 saturated carbocycles. The Bertz CT molecular complexity index is 1430. The van der Waals surface area contributed by atoms with E-state index in [1.54, 1.807) is 58.2 Å². The van der Waals surface area contributed by atoms with Gasteiger partial charge in [-0.1, -0.05) is 0 Å². The molecule has 0 saturated heterocycles. The maximum absolute atomic E-state index is 14.4. The van der Waals surface area contributed by atoms with Crippen LogP contribution in [0.4, 0.5) is 20.7 Å². The lowest BCUT2D eigenvalue weighted by molar-refractivity contribution is 0.0984. The Kier molecular flexibility index (Phi) is 5.77. The van der Waals surface area contributed by atoms with E-state index < -0.39 is 11.9 Å². The number of fused-ring (bicyclic) bond motifs is 2. The Morgan fingerprint density at radius 1 is 1.09 bits per heavy atom. The van der Waals surface area contributed by atoms with Gasteiger partial charge in [0.25, 0.3) is 5.91 Å². The van der Waals surface area contributed by atoms with Gasteiger partial charge in [0.15, 0.2) is 11.6 Å². The maximum Gasteiger partial charge on any atom is 0.412 e. The van der Waals surface area contributed by atoms with E-state index >= 15 is 0 Å². The number of carbonyl (C=O) groups excluding carboxylic acids is 2. The summed E-state index contributed by atoms with van der Waals surface area (Å²) in [4.78, 5) is 35.1. The first-order valence-electron chi connectivity index (χ1n) is 11.0. The summed E-state index contributed by atoms with van der Waals surface area (Å²) in [6.45, 7) is 0.491. The highest BCUT2D eigenvalue weighted by atomic mass is 19.1. The topological polar surface area (TPSA) is 98.1 Å². The predicted molar refractivity (Wildman–Crippen MR) is 127 cm³/mol. The van der Waals surface area contributed by atoms with Gasteiger partial charge in [0.1, 0.15) is 11.5 Å². The van der Waals surface area contributed by atoms with E-state index in [0.29, 0.717) is 29.3 Å². The van der Waals surface area contributed by atoms with E-state index in [4.69, 9.17) is 4.74 Å². The highest BCUT2D eigenvalue weighted by molar-refractivity contribution is 6.06. The van der Waals surface area contributed by atoms with Crippen molar-refractivity contribution < 1.29 is 23.5 Å². The molecule has 4 heterocycles. The average molecular weight is 475 g/mol. The van der Waals surface area contributed by atoms with Gasteiger partial charge in [-0.15, -0.1) is 0 Å². The third-order valence-electron chi connectivity index (χ3n) is 5.94. The van der Waals surface area contributed by atoms with Gasteiger partial charge in [-0.3, -0.25) is 14.5 Å². The second-order valence-electron chi connectivity index (χ2n) is 8.01. The van der Waals surface area contributed by atoms with Crippen LogP contribution in [0.3, 0.4) is 0 Å². The predicted octanol–water partition coefficient (Wildman–Crippen LogP) is 4.32. The standard InChI is InChI=1S/C25H22FN5O4/c1-34-21-10-15-4-3-9-30(19(15)11-18(21)26)24(32)17-6-8-23-28-13-20(31(23)14-17)16-5-7-22(27-12-16)29-25(33)35-2/h5-8,10-14H,3-4,9H2,1-2H3,(H,27,29,33). The quantitative estimate of drug-likeness (QED) is 0.472. The van der Waals surface area contributed by atoms with Crippen LogP contribution in [0.15, 0.2) is 55.0 Å². The van der Waals surface area contributed by atoms with Gasteiger partial charge in [0.05, 0.1) is 37.4 Å². The molecule has 1 aliphatic rings. The number of aromatic nitrogens is 3. The molecule has 178 valence electrons. The molecule has 0 spiro atoms. The molecule has 1 aliphatic heterocycles. The van der Waals surface area contributed by atoms with Crippen LogP contribution in [0.5, 0.6) is 5.75 Å². The number of hydrogen-bond acceptors (Lipinski definition) is 6. The molecule has 10 heteroatoms. The molecule has 4 aromatic rings. The largest absolute Gasteiger partial charge is 0.494 e. The van der Waals surface area contributed by atoms with Crippen LogP contribution in [0.1, 0.15) is 22.3 Å². The Morgan fingerprint density at radius 2 is 1.94 bits per heavy atom. The minimum atomic E-state index is -0.610. The van der Waals surface area contributed by atoms with Crippen molar-refractivity contribution in [3.8, 4) is 17.0 Å². The first kappa shape index (κ1) is 22.3. The third-order valence-corrected chi connectivity index (χ3v) is 5.94. The number of rotatable bonds is 4. The number of carbonyl (C=O) groups is 2. The van der Waals surface area contributed by atoms with E-state index in [1.807, 2.05) is 0 Å². The molecule has 0 atom stereocenters. The number of hydrogen-bond donors (Lipinski definition) is 1. The normalized spacial score (nSPS) is 12.8. The Balaban J connectivity index is 1.47. The number of ether oxygens (including phenoxy) is 2. The number of benzene rings is 1. The minimum absolute atomic E-state index is 0.170. The zero-order chi connectivity index (χ0) is 24.5. The number of halogens is 1. The zero-order valence-corrected chi connectivity index (χ0v) is 19.1. The number of amides is 2. The average Bonchev–Trinajstić information content (AvgIpc) is 3.31. The van der Waals surface area contributed by atoms with Gasteiger partial charge in [0, 0.05) is 30.6 Å². The van der Waals surface area contributed by atoms with Crippen molar-refractivity contribution in [3.05, 3.63) is 71.9 Å². The fraction of sp³-hybridized carbons (Fsp3) is 0.200. The van der Waals surface area contributed by atoms with Crippen LogP contribution < -0.4 is 15.0 Å². The van der Waals surface area contributed by atoms with E-state index in [9.17, 15) is 14.0 Å². The lowest BCUT2D eigenvalue weighted by atomic mass is 10.00. The van der Waals surface area contributed by atoms with E-state index in [0.717, 1.165) is 29.7 Å². The number of imidazole rings is 1. The van der Waals surface area contributed by atoms with Crippen molar-refractivity contribution in [2.45, 2.75) is 12.8 Å². The summed E-state index contributed by atoms with van der Waals surface area (Å²) in [7, 11) is 2.70. The lowest BCUT2D eigenvalue weighted by Crippen LogP contribution is -2.35. The molecule has 1 N–H and O–H groups in total. The number of aryl methyl sites for hydroxylation is 1. The van der Waals surface area contributed by atoms with Gasteiger partial charge in [-0.2, -0.15) is 0 Å². The van der Waals surface area contributed by atoms with Crippen molar-refractivity contribution in [1.29, 1.82) is 0 Å². The Labute approximate surface area is 200 Å². The van der Waals surface area contributed by atoms with Gasteiger partial charge < -0.3 is 14.4 Å². The van der Waals surface area contributed by atoms with Crippen molar-refractivity contribution in [3.63, 3.8) is 0 Å². The van der Waals surface area contributed by atoms with E-state index in [1.165, 1.54) is 20.3 Å². The Hall–Kier alpha value is -4.47. The molecular formula is C25H22FN5O4. The second-order valence-corrected chi connectivity index (χ2v) is 8.01. The fourth-order valence-electron chi connectivity index (χ4n) is 4.20. The fourth-order valence-corrected chi connectivity index (χ4v) is 4.20. The molecule has 0 bridgehead atoms. The summed E-state index contributed by atoms with van der Waals surface area (Å²) in [6, 6.07) is 9.93. The maximum atomic E-state index is 14.4. The summed E-state index contributed by atoms with van der Waals surface area (Å²) < 4.78 is 25.9. The van der Waals surface area contributed by atoms with Crippen molar-refractivity contribution in [2.75, 3.05) is 31.0 Å². The van der Waals surface area contributed by atoms with Gasteiger partial charge in [0.2, 0.25) is 0 Å². The molecule has 9 nitrogen and oxygen atoms in total. The number of methoxy groups -OCH3 is 2. The van der Waals surface area contributed by atoms with Crippen LogP contribution in [0, 0.1) is 5.82 Å². The molecule has 0 aliphatic carbocycles. The third kappa shape index (κ3) is 4.14. The summed E-state index contributed by atoms with van der Waals surface area (Å²) in [6.07, 6.45) is 5.90. The molecule has 0 radical (unpaired) electrons. The summed E-state index contributed by atoms with van der Waals surface area (Å²) >= 11 is 0.